The van der Waals surface area contributed by atoms with E-state index in [0.29, 0.717) is 61.5 Å². The van der Waals surface area contributed by atoms with E-state index in [1.54, 1.807) is 31.5 Å². The summed E-state index contributed by atoms with van der Waals surface area (Å²) in [7, 11) is 1.58. The largest absolute Gasteiger partial charge is 0.383 e. The number of carbonyl (C=O) groups is 3. The number of nitrogens with zero attached hydrogens (tertiary/aromatic N) is 5. The number of nitrogens with one attached hydrogen (secondary N) is 4. The van der Waals surface area contributed by atoms with Crippen molar-refractivity contribution >= 4 is 35.7 Å². The first-order chi connectivity index (χ1) is 18.0. The number of hydrazine groups is 1. The number of pyridine rings is 2. The van der Waals surface area contributed by atoms with E-state index in [1.165, 1.54) is 16.1 Å². The van der Waals surface area contributed by atoms with Crippen molar-refractivity contribution in [3.63, 3.8) is 0 Å². The van der Waals surface area contributed by atoms with Crippen LogP contribution < -0.4 is 26.3 Å². The molecule has 4 amide bonds. The van der Waals surface area contributed by atoms with Gasteiger partial charge >= 0.3 is 12.1 Å². The minimum absolute atomic E-state index is 0.172. The summed E-state index contributed by atoms with van der Waals surface area (Å²) < 4.78 is 5.04. The molecule has 5 heterocycles. The number of aldehydes is 1. The molecule has 2 aromatic rings. The fourth-order valence-electron chi connectivity index (χ4n) is 4.82. The second kappa shape index (κ2) is 9.75. The van der Waals surface area contributed by atoms with Crippen LogP contribution in [0.3, 0.4) is 0 Å². The zero-order valence-electron chi connectivity index (χ0n) is 20.0. The third kappa shape index (κ3) is 4.38. The summed E-state index contributed by atoms with van der Waals surface area (Å²) in [6.07, 6.45) is 6.50. The van der Waals surface area contributed by atoms with Gasteiger partial charge in [-0.3, -0.25) is 15.0 Å². The highest BCUT2D eigenvalue weighted by Gasteiger charge is 2.57. The number of amides is 4. The van der Waals surface area contributed by atoms with E-state index in [1.807, 2.05) is 6.08 Å². The second-order valence-corrected chi connectivity index (χ2v) is 8.89. The molecule has 4 aliphatic rings. The van der Waals surface area contributed by atoms with Crippen LogP contribution in [0.5, 0.6) is 0 Å². The van der Waals surface area contributed by atoms with E-state index in [9.17, 15) is 19.6 Å². The zero-order valence-corrected chi connectivity index (χ0v) is 20.0. The van der Waals surface area contributed by atoms with Crippen LogP contribution in [-0.2, 0) is 10.3 Å². The molecule has 13 heteroatoms. The van der Waals surface area contributed by atoms with Gasteiger partial charge in [-0.05, 0) is 25.0 Å². The number of anilines is 3. The monoisotopic (exact) mass is 503 g/mol. The van der Waals surface area contributed by atoms with Gasteiger partial charge in [0, 0.05) is 43.7 Å². The summed E-state index contributed by atoms with van der Waals surface area (Å²) in [5, 5.41) is 19.8. The van der Waals surface area contributed by atoms with Crippen LogP contribution in [0.4, 0.5) is 26.9 Å². The minimum atomic E-state index is -0.697. The standard InChI is InChI=1S/C24H25N9O4/c1-37-8-6-26-19-9-20(27-13-15(19)12-25)30-22(35)33-17-10-24(11-17,31-23(36)32-7-2-5-28-32)18-4-3-16(14-34)29-21(18)33/h2-5,9,13-14,17,28H,6-8,10-11H2,1H3,(H,31,36)(H2,26,27,30,35). The molecule has 3 aliphatic heterocycles. The normalized spacial score (nSPS) is 20.7. The topological polar surface area (TPSA) is 165 Å². The molecule has 2 aromatic heterocycles. The molecule has 2 bridgehead atoms. The molecule has 0 unspecified atom stereocenters. The lowest BCUT2D eigenvalue weighted by Crippen LogP contribution is -2.68. The van der Waals surface area contributed by atoms with Gasteiger partial charge in [-0.1, -0.05) is 6.07 Å². The molecule has 1 aliphatic carbocycles. The van der Waals surface area contributed by atoms with E-state index >= 15 is 0 Å². The van der Waals surface area contributed by atoms with E-state index in [0.717, 1.165) is 0 Å². The maximum absolute atomic E-state index is 13.5. The number of carbonyl (C=O) groups excluding carboxylic acids is 3. The molecule has 6 rings (SSSR count). The van der Waals surface area contributed by atoms with Crippen molar-refractivity contribution in [2.45, 2.75) is 24.4 Å². The van der Waals surface area contributed by atoms with E-state index in [-0.39, 0.29) is 23.6 Å². The van der Waals surface area contributed by atoms with Crippen LogP contribution in [0.15, 0.2) is 36.7 Å². The number of ether oxygens (including phenoxy) is 1. The maximum atomic E-state index is 13.5. The number of aromatic nitrogens is 2. The SMILES string of the molecule is COCCNc1cc(NC(=O)N2c3nc(C=O)ccc3C3(NC(=O)N4CC=CN4)CC2C3)ncc1C#N. The molecule has 37 heavy (non-hydrogen) atoms. The number of hydrogen-bond donors (Lipinski definition) is 4. The van der Waals surface area contributed by atoms with Crippen molar-refractivity contribution < 1.29 is 19.1 Å². The molecule has 1 fully saturated rings. The quantitative estimate of drug-likeness (QED) is 0.325. The van der Waals surface area contributed by atoms with E-state index in [4.69, 9.17) is 4.74 Å². The van der Waals surface area contributed by atoms with E-state index in [2.05, 4.69) is 37.4 Å². The summed E-state index contributed by atoms with van der Waals surface area (Å²) >= 11 is 0. The Bertz CT molecular complexity index is 1310. The maximum Gasteiger partial charge on any atom is 0.337 e. The Hall–Kier alpha value is -4.70. The van der Waals surface area contributed by atoms with E-state index < -0.39 is 11.6 Å². The minimum Gasteiger partial charge on any atom is -0.383 e. The molecule has 4 N–H and O–H groups in total. The van der Waals surface area contributed by atoms with Crippen LogP contribution >= 0.6 is 0 Å². The van der Waals surface area contributed by atoms with Crippen LogP contribution in [0, 0.1) is 11.3 Å². The van der Waals surface area contributed by atoms with Crippen LogP contribution in [0.25, 0.3) is 0 Å². The third-order valence-electron chi connectivity index (χ3n) is 6.62. The van der Waals surface area contributed by atoms with Crippen LogP contribution in [0.2, 0.25) is 0 Å². The fourth-order valence-corrected chi connectivity index (χ4v) is 4.82. The number of rotatable bonds is 7. The predicted octanol–water partition coefficient (Wildman–Crippen LogP) is 1.67. The Morgan fingerprint density at radius 2 is 2.19 bits per heavy atom. The van der Waals surface area contributed by atoms with Crippen molar-refractivity contribution in [1.29, 1.82) is 5.26 Å². The van der Waals surface area contributed by atoms with Gasteiger partial charge in [0.2, 0.25) is 0 Å². The Labute approximate surface area is 212 Å². The highest BCUT2D eigenvalue weighted by molar-refractivity contribution is 6.03. The van der Waals surface area contributed by atoms with Gasteiger partial charge in [-0.15, -0.1) is 0 Å². The average molecular weight is 504 g/mol. The molecule has 0 saturated heterocycles. The lowest BCUT2D eigenvalue weighted by molar-refractivity contribution is 0.111. The number of nitriles is 1. The van der Waals surface area contributed by atoms with Crippen molar-refractivity contribution in [3.8, 4) is 6.07 Å². The van der Waals surface area contributed by atoms with Crippen molar-refractivity contribution in [1.82, 2.24) is 25.7 Å². The van der Waals surface area contributed by atoms with Gasteiger partial charge in [-0.25, -0.2) is 24.6 Å². The van der Waals surface area contributed by atoms with Crippen LogP contribution in [0.1, 0.15) is 34.5 Å². The predicted molar refractivity (Wildman–Crippen MR) is 133 cm³/mol. The Morgan fingerprint density at radius 1 is 1.35 bits per heavy atom. The van der Waals surface area contributed by atoms with Gasteiger partial charge in [0.15, 0.2) is 6.29 Å². The second-order valence-electron chi connectivity index (χ2n) is 8.89. The smallest absolute Gasteiger partial charge is 0.337 e. The first-order valence-corrected chi connectivity index (χ1v) is 11.7. The third-order valence-corrected chi connectivity index (χ3v) is 6.62. The molecular weight excluding hydrogens is 478 g/mol. The summed E-state index contributed by atoms with van der Waals surface area (Å²) in [6, 6.07) is 5.94. The lowest BCUT2D eigenvalue weighted by atomic mass is 9.64. The van der Waals surface area contributed by atoms with Gasteiger partial charge in [0.25, 0.3) is 0 Å². The highest BCUT2D eigenvalue weighted by Crippen LogP contribution is 2.53. The molecule has 190 valence electrons. The van der Waals surface area contributed by atoms with Crippen molar-refractivity contribution in [2.24, 2.45) is 0 Å². The highest BCUT2D eigenvalue weighted by atomic mass is 16.5. The summed E-state index contributed by atoms with van der Waals surface area (Å²) in [5.41, 5.74) is 3.85. The van der Waals surface area contributed by atoms with Crippen LogP contribution in [-0.4, -0.2) is 66.2 Å². The molecule has 13 nitrogen and oxygen atoms in total. The summed E-state index contributed by atoms with van der Waals surface area (Å²) in [5.74, 6) is 0.554. The molecule has 0 radical (unpaired) electrons. The van der Waals surface area contributed by atoms with Gasteiger partial charge < -0.3 is 20.8 Å². The molecule has 0 aromatic carbocycles. The summed E-state index contributed by atoms with van der Waals surface area (Å²) in [6.45, 7) is 1.35. The Kier molecular flexibility index (Phi) is 6.33. The molecular formula is C24H25N9O4. The first kappa shape index (κ1) is 24.0. The van der Waals surface area contributed by atoms with Crippen molar-refractivity contribution in [3.05, 3.63) is 53.5 Å². The molecule has 0 atom stereocenters. The number of urea groups is 2. The number of methoxy groups -OCH3 is 1. The van der Waals surface area contributed by atoms with Gasteiger partial charge in [-0.2, -0.15) is 5.26 Å². The van der Waals surface area contributed by atoms with Crippen molar-refractivity contribution in [2.75, 3.05) is 42.3 Å². The fraction of sp³-hybridized carbons (Fsp3) is 0.333. The molecule has 1 saturated carbocycles. The lowest BCUT2D eigenvalue weighted by Gasteiger charge is -2.57. The Morgan fingerprint density at radius 3 is 2.89 bits per heavy atom. The van der Waals surface area contributed by atoms with Gasteiger partial charge in [0.05, 0.1) is 29.9 Å². The Balaban J connectivity index is 1.39. The zero-order chi connectivity index (χ0) is 26.0. The average Bonchev–Trinajstić information content (AvgIpc) is 3.43. The number of hydrogen-bond acceptors (Lipinski definition) is 9. The first-order valence-electron chi connectivity index (χ1n) is 11.7. The van der Waals surface area contributed by atoms with Gasteiger partial charge in [0.1, 0.15) is 23.4 Å². The summed E-state index contributed by atoms with van der Waals surface area (Å²) in [4.78, 5) is 47.8. The molecule has 0 spiro atoms.